The molecule has 0 bridgehead atoms. The third kappa shape index (κ3) is 4.84. The zero-order chi connectivity index (χ0) is 15.7. The number of para-hydroxylation sites is 1. The smallest absolute Gasteiger partial charge is 0.168 e. The first-order chi connectivity index (χ1) is 10.2. The van der Waals surface area contributed by atoms with E-state index in [2.05, 4.69) is 10.2 Å². The van der Waals surface area contributed by atoms with Gasteiger partial charge < -0.3 is 15.2 Å². The van der Waals surface area contributed by atoms with E-state index in [0.717, 1.165) is 13.1 Å². The number of benzene rings is 1. The zero-order valence-corrected chi connectivity index (χ0v) is 12.6. The predicted octanol–water partition coefficient (Wildman–Crippen LogP) is 0.988. The number of likely N-dealkylation sites (N-methyl/N-ethyl adjacent to an activating group) is 1. The second-order valence-corrected chi connectivity index (χ2v) is 4.50. The summed E-state index contributed by atoms with van der Waals surface area (Å²) in [6.07, 6.45) is 0.518. The molecule has 1 rings (SSSR count). The molecule has 6 nitrogen and oxygen atoms in total. The Balaban J connectivity index is 2.81. The second kappa shape index (κ2) is 9.10. The molecule has 0 saturated heterocycles. The molecule has 0 atom stereocenters. The molecule has 0 aromatic heterocycles. The number of nitrogens with one attached hydrogen (secondary N) is 2. The van der Waals surface area contributed by atoms with Crippen LogP contribution in [0.1, 0.15) is 12.5 Å². The molecule has 6 heteroatoms. The normalized spacial score (nSPS) is 10.5. The minimum atomic E-state index is -0.0842. The number of aliphatic hydroxyl groups excluding tert-OH is 1. The van der Waals surface area contributed by atoms with E-state index in [9.17, 15) is 4.79 Å². The molecule has 0 fully saturated rings. The molecule has 0 radical (unpaired) electrons. The van der Waals surface area contributed by atoms with Crippen LogP contribution in [0.15, 0.2) is 18.2 Å². The fourth-order valence-corrected chi connectivity index (χ4v) is 2.08. The number of aldehydes is 1. The molecule has 0 spiro atoms. The number of hydrogen-bond donors (Lipinski definition) is 3. The van der Waals surface area contributed by atoms with Crippen molar-refractivity contribution in [1.29, 1.82) is 5.41 Å². The van der Waals surface area contributed by atoms with Gasteiger partial charge in [-0.3, -0.25) is 15.1 Å². The van der Waals surface area contributed by atoms with Crippen LogP contribution in [0.5, 0.6) is 5.75 Å². The summed E-state index contributed by atoms with van der Waals surface area (Å²) in [5.74, 6) is 0.601. The molecule has 0 aliphatic carbocycles. The first-order valence-electron chi connectivity index (χ1n) is 6.96. The summed E-state index contributed by atoms with van der Waals surface area (Å²) in [5.41, 5.74) is 1.09. The Morgan fingerprint density at radius 1 is 1.48 bits per heavy atom. The number of carbonyl (C=O) groups is 1. The molecule has 0 heterocycles. The summed E-state index contributed by atoms with van der Waals surface area (Å²) in [5, 5.41) is 19.9. The lowest BCUT2D eigenvalue weighted by molar-refractivity contribution is -0.102. The Morgan fingerprint density at radius 3 is 2.81 bits per heavy atom. The molecule has 1 aromatic rings. The van der Waals surface area contributed by atoms with Crippen LogP contribution in [-0.2, 0) is 4.79 Å². The standard InChI is InChI=1S/C15H23N3O3/c1-3-18(9-10-19)8-7-17-15-12(13(16)11-20)5-4-6-14(15)21-2/h4-6,11,16-17,19H,3,7-10H2,1-2H3. The van der Waals surface area contributed by atoms with Gasteiger partial charge in [0, 0.05) is 25.2 Å². The van der Waals surface area contributed by atoms with E-state index in [1.807, 2.05) is 6.92 Å². The maximum Gasteiger partial charge on any atom is 0.168 e. The van der Waals surface area contributed by atoms with Gasteiger partial charge in [-0.2, -0.15) is 0 Å². The van der Waals surface area contributed by atoms with Gasteiger partial charge in [-0.1, -0.05) is 19.1 Å². The number of rotatable bonds is 10. The van der Waals surface area contributed by atoms with Gasteiger partial charge in [0.25, 0.3) is 0 Å². The van der Waals surface area contributed by atoms with Gasteiger partial charge in [0.2, 0.25) is 0 Å². The van der Waals surface area contributed by atoms with Crippen LogP contribution >= 0.6 is 0 Å². The van der Waals surface area contributed by atoms with Gasteiger partial charge in [0.05, 0.1) is 19.4 Å². The molecule has 116 valence electrons. The highest BCUT2D eigenvalue weighted by molar-refractivity contribution is 6.36. The fraction of sp³-hybridized carbons (Fsp3) is 0.467. The van der Waals surface area contributed by atoms with Crippen molar-refractivity contribution in [2.24, 2.45) is 0 Å². The van der Waals surface area contributed by atoms with Crippen LogP contribution < -0.4 is 10.1 Å². The van der Waals surface area contributed by atoms with E-state index < -0.39 is 0 Å². The van der Waals surface area contributed by atoms with Gasteiger partial charge in [-0.25, -0.2) is 0 Å². The van der Waals surface area contributed by atoms with Crippen LogP contribution in [-0.4, -0.2) is 61.9 Å². The van der Waals surface area contributed by atoms with Crippen molar-refractivity contribution >= 4 is 17.7 Å². The molecule has 1 aromatic carbocycles. The number of nitrogens with zero attached hydrogens (tertiary/aromatic N) is 1. The Labute approximate surface area is 125 Å². The topological polar surface area (TPSA) is 85.7 Å². The van der Waals surface area contributed by atoms with Gasteiger partial charge in [-0.05, 0) is 12.6 Å². The van der Waals surface area contributed by atoms with Crippen molar-refractivity contribution in [1.82, 2.24) is 4.90 Å². The monoisotopic (exact) mass is 293 g/mol. The van der Waals surface area contributed by atoms with E-state index in [1.54, 1.807) is 25.3 Å². The molecule has 0 aliphatic heterocycles. The fourth-order valence-electron chi connectivity index (χ4n) is 2.08. The number of ether oxygens (including phenoxy) is 1. The highest BCUT2D eigenvalue weighted by Gasteiger charge is 2.12. The lowest BCUT2D eigenvalue weighted by Crippen LogP contribution is -2.31. The number of aliphatic hydroxyl groups is 1. The van der Waals surface area contributed by atoms with Crippen LogP contribution in [0.2, 0.25) is 0 Å². The lowest BCUT2D eigenvalue weighted by atomic mass is 10.1. The van der Waals surface area contributed by atoms with Crippen molar-refractivity contribution in [2.75, 3.05) is 45.2 Å². The third-order valence-corrected chi connectivity index (χ3v) is 3.25. The molecule has 0 saturated carbocycles. The highest BCUT2D eigenvalue weighted by atomic mass is 16.5. The molecule has 21 heavy (non-hydrogen) atoms. The Bertz CT molecular complexity index is 477. The SMILES string of the molecule is CCN(CCO)CCNc1c(OC)cccc1C(=N)C=O. The van der Waals surface area contributed by atoms with Crippen molar-refractivity contribution in [3.8, 4) is 5.75 Å². The van der Waals surface area contributed by atoms with Crippen LogP contribution in [0.4, 0.5) is 5.69 Å². The van der Waals surface area contributed by atoms with Crippen LogP contribution in [0.3, 0.4) is 0 Å². The van der Waals surface area contributed by atoms with Crippen molar-refractivity contribution in [3.63, 3.8) is 0 Å². The number of methoxy groups -OCH3 is 1. The van der Waals surface area contributed by atoms with Crippen molar-refractivity contribution in [3.05, 3.63) is 23.8 Å². The molecular formula is C15H23N3O3. The van der Waals surface area contributed by atoms with E-state index in [1.165, 1.54) is 0 Å². The minimum Gasteiger partial charge on any atom is -0.495 e. The van der Waals surface area contributed by atoms with Gasteiger partial charge >= 0.3 is 0 Å². The van der Waals surface area contributed by atoms with Crippen LogP contribution in [0, 0.1) is 5.41 Å². The minimum absolute atomic E-state index is 0.0842. The quantitative estimate of drug-likeness (QED) is 0.442. The lowest BCUT2D eigenvalue weighted by Gasteiger charge is -2.21. The number of anilines is 1. The maximum absolute atomic E-state index is 10.8. The summed E-state index contributed by atoms with van der Waals surface area (Å²) in [6, 6.07) is 5.25. The Hall–Kier alpha value is -1.92. The summed E-state index contributed by atoms with van der Waals surface area (Å²) in [4.78, 5) is 12.9. The molecule has 3 N–H and O–H groups in total. The van der Waals surface area contributed by atoms with Crippen molar-refractivity contribution < 1.29 is 14.6 Å². The van der Waals surface area contributed by atoms with Crippen LogP contribution in [0.25, 0.3) is 0 Å². The average Bonchev–Trinajstić information content (AvgIpc) is 2.53. The largest absolute Gasteiger partial charge is 0.495 e. The second-order valence-electron chi connectivity index (χ2n) is 4.50. The van der Waals surface area contributed by atoms with Gasteiger partial charge in [0.15, 0.2) is 6.29 Å². The first kappa shape index (κ1) is 17.1. The van der Waals surface area contributed by atoms with E-state index in [-0.39, 0.29) is 12.3 Å². The zero-order valence-electron chi connectivity index (χ0n) is 12.6. The Morgan fingerprint density at radius 2 is 2.24 bits per heavy atom. The van der Waals surface area contributed by atoms with E-state index in [0.29, 0.717) is 36.4 Å². The molecular weight excluding hydrogens is 270 g/mol. The highest BCUT2D eigenvalue weighted by Crippen LogP contribution is 2.28. The average molecular weight is 293 g/mol. The van der Waals surface area contributed by atoms with E-state index >= 15 is 0 Å². The number of carbonyl (C=O) groups excluding carboxylic acids is 1. The van der Waals surface area contributed by atoms with Gasteiger partial charge in [-0.15, -0.1) is 0 Å². The summed E-state index contributed by atoms with van der Waals surface area (Å²) in [7, 11) is 1.55. The molecule has 0 unspecified atom stereocenters. The summed E-state index contributed by atoms with van der Waals surface area (Å²) < 4.78 is 5.28. The Kier molecular flexibility index (Phi) is 7.42. The van der Waals surface area contributed by atoms with Gasteiger partial charge in [0.1, 0.15) is 11.5 Å². The van der Waals surface area contributed by atoms with Crippen molar-refractivity contribution in [2.45, 2.75) is 6.92 Å². The third-order valence-electron chi connectivity index (χ3n) is 3.25. The predicted molar refractivity (Wildman–Crippen MR) is 83.6 cm³/mol. The molecule has 0 amide bonds. The first-order valence-corrected chi connectivity index (χ1v) is 6.96. The summed E-state index contributed by atoms with van der Waals surface area (Å²) >= 11 is 0. The summed E-state index contributed by atoms with van der Waals surface area (Å²) in [6.45, 7) is 5.03. The maximum atomic E-state index is 10.8. The molecule has 0 aliphatic rings. The van der Waals surface area contributed by atoms with E-state index in [4.69, 9.17) is 15.3 Å². The number of hydrogen-bond acceptors (Lipinski definition) is 6.